The first-order valence-corrected chi connectivity index (χ1v) is 13.6. The van der Waals surface area contributed by atoms with E-state index in [-0.39, 0.29) is 17.8 Å². The molecule has 0 aliphatic heterocycles. The molecule has 0 unspecified atom stereocenters. The van der Waals surface area contributed by atoms with Crippen molar-refractivity contribution < 1.29 is 4.79 Å². The molecule has 0 spiro atoms. The minimum absolute atomic E-state index is 0.0854. The quantitative estimate of drug-likeness (QED) is 0.0976. The van der Waals surface area contributed by atoms with Crippen molar-refractivity contribution in [1.29, 1.82) is 5.26 Å². The predicted molar refractivity (Wildman–Crippen MR) is 160 cm³/mol. The molecule has 3 N–H and O–H groups in total. The first-order chi connectivity index (χ1) is 20.0. The van der Waals surface area contributed by atoms with E-state index in [0.717, 1.165) is 24.1 Å². The maximum Gasteiger partial charge on any atom is 0.270 e. The molecule has 41 heavy (non-hydrogen) atoms. The third kappa shape index (κ3) is 7.28. The maximum absolute atomic E-state index is 12.5. The number of aliphatic imine (C=N–C) groups is 1. The zero-order chi connectivity index (χ0) is 28.6. The average Bonchev–Trinajstić information content (AvgIpc) is 3.49. The third-order valence-corrected chi connectivity index (χ3v) is 6.91. The number of aromatic nitrogens is 4. The van der Waals surface area contributed by atoms with E-state index in [0.29, 0.717) is 27.8 Å². The van der Waals surface area contributed by atoms with Crippen LogP contribution in [-0.4, -0.2) is 32.5 Å². The molecular weight excluding hydrogens is 561 g/mol. The minimum Gasteiger partial charge on any atom is -0.307 e. The average molecular weight is 586 g/mol. The number of amides is 1. The Balaban J connectivity index is 1.46. The second-order valence-corrected chi connectivity index (χ2v) is 10.2. The highest BCUT2D eigenvalue weighted by Gasteiger charge is 2.17. The molecule has 12 heteroatoms. The summed E-state index contributed by atoms with van der Waals surface area (Å²) in [6.45, 7) is 0.344. The molecule has 206 valence electrons. The van der Waals surface area contributed by atoms with Crippen molar-refractivity contribution in [3.05, 3.63) is 99.5 Å². The molecule has 0 fully saturated rings. The van der Waals surface area contributed by atoms with Gasteiger partial charge in [0, 0.05) is 21.3 Å². The van der Waals surface area contributed by atoms with E-state index in [9.17, 15) is 10.1 Å². The van der Waals surface area contributed by atoms with Gasteiger partial charge in [-0.05, 0) is 90.1 Å². The number of rotatable bonds is 7. The van der Waals surface area contributed by atoms with Gasteiger partial charge in [0.05, 0.1) is 12.2 Å². The molecular formula is C29H25Cl2N9O. The molecule has 0 atom stereocenters. The maximum atomic E-state index is 12.5. The largest absolute Gasteiger partial charge is 0.307 e. The lowest BCUT2D eigenvalue weighted by molar-refractivity contribution is 0.102. The van der Waals surface area contributed by atoms with Gasteiger partial charge < -0.3 is 4.90 Å². The highest BCUT2D eigenvalue weighted by Crippen LogP contribution is 2.30. The number of benzene rings is 3. The number of nitriles is 1. The summed E-state index contributed by atoms with van der Waals surface area (Å²) >= 11 is 12.4. The number of halogens is 2. The normalized spacial score (nSPS) is 13.2. The zero-order valence-electron chi connectivity index (χ0n) is 21.8. The van der Waals surface area contributed by atoms with E-state index < -0.39 is 0 Å². The minimum atomic E-state index is -0.367. The van der Waals surface area contributed by atoms with Crippen LogP contribution in [0.2, 0.25) is 10.0 Å². The topological polar surface area (TPSA) is 135 Å². The number of carbonyl (C=O) groups excluding carboxylic acids is 1. The Morgan fingerprint density at radius 3 is 2.44 bits per heavy atom. The van der Waals surface area contributed by atoms with Crippen molar-refractivity contribution in [2.75, 3.05) is 10.2 Å². The van der Waals surface area contributed by atoms with Gasteiger partial charge in [-0.15, -0.1) is 5.10 Å². The first kappa shape index (κ1) is 27.8. The number of hydrogen-bond donors (Lipinski definition) is 3. The predicted octanol–water partition coefficient (Wildman–Crippen LogP) is 6.48. The number of carbonyl (C=O) groups is 1. The van der Waals surface area contributed by atoms with E-state index in [1.807, 2.05) is 35.4 Å². The lowest BCUT2D eigenvalue weighted by Gasteiger charge is -2.26. The molecule has 4 aromatic rings. The van der Waals surface area contributed by atoms with E-state index >= 15 is 0 Å². The molecule has 0 bridgehead atoms. The van der Waals surface area contributed by atoms with E-state index in [4.69, 9.17) is 23.2 Å². The smallest absolute Gasteiger partial charge is 0.270 e. The summed E-state index contributed by atoms with van der Waals surface area (Å²) in [6.07, 6.45) is 8.87. The summed E-state index contributed by atoms with van der Waals surface area (Å²) in [5.74, 6) is 0.00489. The number of anilines is 2. The highest BCUT2D eigenvalue weighted by atomic mass is 35.5. The fourth-order valence-corrected chi connectivity index (χ4v) is 5.02. The Kier molecular flexibility index (Phi) is 8.89. The second kappa shape index (κ2) is 13.1. The Morgan fingerprint density at radius 1 is 1.05 bits per heavy atom. The van der Waals surface area contributed by atoms with Crippen molar-refractivity contribution in [3.8, 4) is 6.19 Å². The lowest BCUT2D eigenvalue weighted by atomic mass is 9.93. The Morgan fingerprint density at radius 2 is 1.80 bits per heavy atom. The number of tetrazole rings is 1. The molecule has 0 radical (unpaired) electrons. The van der Waals surface area contributed by atoms with Crippen LogP contribution in [-0.2, 0) is 6.54 Å². The number of nitrogens with zero attached hydrogens (tertiary/aromatic N) is 6. The van der Waals surface area contributed by atoms with E-state index in [2.05, 4.69) is 54.5 Å². The summed E-state index contributed by atoms with van der Waals surface area (Å²) in [5, 5.41) is 29.0. The van der Waals surface area contributed by atoms with Crippen LogP contribution in [0.3, 0.4) is 0 Å². The molecule has 0 saturated carbocycles. The zero-order valence-corrected chi connectivity index (χ0v) is 23.3. The van der Waals surface area contributed by atoms with Gasteiger partial charge in [0.15, 0.2) is 6.19 Å². The van der Waals surface area contributed by atoms with E-state index in [1.165, 1.54) is 24.0 Å². The fraction of sp³-hybridized carbons (Fsp3) is 0.172. The Bertz CT molecular complexity index is 1590. The summed E-state index contributed by atoms with van der Waals surface area (Å²) in [5.41, 5.74) is 5.13. The van der Waals surface area contributed by atoms with Crippen molar-refractivity contribution >= 4 is 58.0 Å². The van der Waals surface area contributed by atoms with Crippen molar-refractivity contribution in [2.24, 2.45) is 4.99 Å². The first-order valence-electron chi connectivity index (χ1n) is 12.9. The number of allylic oxidation sites excluding steroid dienone is 2. The summed E-state index contributed by atoms with van der Waals surface area (Å²) in [7, 11) is 0. The van der Waals surface area contributed by atoms with Crippen LogP contribution in [0.4, 0.5) is 17.3 Å². The van der Waals surface area contributed by atoms with Gasteiger partial charge in [0.25, 0.3) is 11.9 Å². The number of guanidine groups is 1. The Labute approximate surface area is 246 Å². The van der Waals surface area contributed by atoms with Crippen LogP contribution < -0.4 is 15.5 Å². The van der Waals surface area contributed by atoms with Crippen LogP contribution in [0.5, 0.6) is 0 Å². The molecule has 1 heterocycles. The fourth-order valence-electron chi connectivity index (χ4n) is 4.51. The van der Waals surface area contributed by atoms with Crippen molar-refractivity contribution in [1.82, 2.24) is 25.9 Å². The van der Waals surface area contributed by atoms with Gasteiger partial charge in [-0.2, -0.15) is 10.5 Å². The van der Waals surface area contributed by atoms with Gasteiger partial charge in [-0.1, -0.05) is 58.6 Å². The summed E-state index contributed by atoms with van der Waals surface area (Å²) in [6, 6.07) is 20.2. The summed E-state index contributed by atoms with van der Waals surface area (Å²) < 4.78 is 0. The summed E-state index contributed by atoms with van der Waals surface area (Å²) in [4.78, 5) is 19.1. The van der Waals surface area contributed by atoms with Gasteiger partial charge in [-0.25, -0.2) is 4.99 Å². The number of nitrogens with one attached hydrogen (secondary N) is 3. The monoisotopic (exact) mass is 585 g/mol. The number of aromatic amines is 1. The van der Waals surface area contributed by atoms with Crippen LogP contribution in [0, 0.1) is 11.5 Å². The van der Waals surface area contributed by atoms with Gasteiger partial charge in [-0.3, -0.25) is 15.4 Å². The number of hydrogen-bond acceptors (Lipinski definition) is 6. The van der Waals surface area contributed by atoms with Crippen LogP contribution in [0.25, 0.3) is 5.57 Å². The van der Waals surface area contributed by atoms with Crippen LogP contribution in [0.15, 0.2) is 77.8 Å². The molecule has 1 aliphatic rings. The van der Waals surface area contributed by atoms with Crippen molar-refractivity contribution in [2.45, 2.75) is 32.2 Å². The van der Waals surface area contributed by atoms with Gasteiger partial charge >= 0.3 is 0 Å². The standard InChI is InChI=1S/C29H25Cl2N9O/c30-23-14-24(31)16-25(15-23)34-29(33-18-32)40(26-12-10-21(11-13-26)20-4-2-1-3-5-20)17-19-6-8-22(9-7-19)27(41)35-28-36-38-39-37-28/h4,6-16H,1-3,5,17H2,(H,33,34)(H2,35,36,37,38,39,41). The molecule has 5 rings (SSSR count). The van der Waals surface area contributed by atoms with Crippen LogP contribution in [0.1, 0.15) is 47.2 Å². The van der Waals surface area contributed by atoms with E-state index in [1.54, 1.807) is 30.3 Å². The van der Waals surface area contributed by atoms with Gasteiger partial charge in [0.2, 0.25) is 5.96 Å². The van der Waals surface area contributed by atoms with Gasteiger partial charge in [0.1, 0.15) is 0 Å². The number of H-pyrrole nitrogens is 1. The van der Waals surface area contributed by atoms with Crippen LogP contribution >= 0.6 is 23.2 Å². The molecule has 10 nitrogen and oxygen atoms in total. The molecule has 1 aromatic heterocycles. The molecule has 3 aromatic carbocycles. The highest BCUT2D eigenvalue weighted by molar-refractivity contribution is 6.35. The third-order valence-electron chi connectivity index (χ3n) is 6.47. The van der Waals surface area contributed by atoms with Crippen molar-refractivity contribution in [3.63, 3.8) is 0 Å². The lowest BCUT2D eigenvalue weighted by Crippen LogP contribution is -2.39. The molecule has 1 amide bonds. The second-order valence-electron chi connectivity index (χ2n) is 9.29. The molecule has 0 saturated heterocycles. The Hall–Kier alpha value is -4.72. The molecule has 1 aliphatic carbocycles. The SMILES string of the molecule is N#CNC(=Nc1cc(Cl)cc(Cl)c1)N(Cc1ccc(C(=O)Nc2nn[nH]n2)cc1)c1ccc(C2=CCCCC2)cc1.